The first-order valence-electron chi connectivity index (χ1n) is 3.69. The Balaban J connectivity index is 2.80. The van der Waals surface area contributed by atoms with Gasteiger partial charge in [-0.2, -0.15) is 0 Å². The fourth-order valence-corrected chi connectivity index (χ4v) is 1.03. The summed E-state index contributed by atoms with van der Waals surface area (Å²) >= 11 is 5.47. The monoisotopic (exact) mass is 187 g/mol. The second kappa shape index (κ2) is 4.16. The highest BCUT2D eigenvalue weighted by atomic mass is 35.5. The van der Waals surface area contributed by atoms with E-state index in [1.165, 1.54) is 16.7 Å². The van der Waals surface area contributed by atoms with Crippen LogP contribution < -0.4 is 5.56 Å². The predicted octanol–water partition coefficient (Wildman–Crippen LogP) is 1.18. The van der Waals surface area contributed by atoms with Crippen molar-refractivity contribution >= 4 is 11.6 Å². The molecule has 0 amide bonds. The van der Waals surface area contributed by atoms with Crippen molar-refractivity contribution < 1.29 is 5.11 Å². The van der Waals surface area contributed by atoms with Gasteiger partial charge in [0.15, 0.2) is 0 Å². The van der Waals surface area contributed by atoms with Crippen molar-refractivity contribution in [1.29, 1.82) is 0 Å². The Labute approximate surface area is 75.2 Å². The van der Waals surface area contributed by atoms with E-state index in [1.807, 2.05) is 0 Å². The molecule has 1 N–H and O–H groups in total. The highest BCUT2D eigenvalue weighted by Crippen LogP contribution is 2.01. The van der Waals surface area contributed by atoms with Gasteiger partial charge in [-0.25, -0.2) is 0 Å². The van der Waals surface area contributed by atoms with Crippen LogP contribution in [0.25, 0.3) is 0 Å². The van der Waals surface area contributed by atoms with Gasteiger partial charge in [0.2, 0.25) is 0 Å². The summed E-state index contributed by atoms with van der Waals surface area (Å²) in [5.74, 6) is 0.537. The van der Waals surface area contributed by atoms with Crippen LogP contribution in [0.15, 0.2) is 23.1 Å². The molecule has 4 heteroatoms. The minimum absolute atomic E-state index is 0.00197. The predicted molar refractivity (Wildman–Crippen MR) is 47.7 cm³/mol. The van der Waals surface area contributed by atoms with Crippen LogP contribution in [0.2, 0.25) is 0 Å². The number of aromatic nitrogens is 1. The molecule has 0 spiro atoms. The van der Waals surface area contributed by atoms with Crippen LogP contribution in [0, 0.1) is 0 Å². The number of alkyl halides is 1. The Bertz CT molecular complexity index is 308. The summed E-state index contributed by atoms with van der Waals surface area (Å²) in [6.07, 6.45) is 2.32. The number of aryl methyl sites for hydroxylation is 1. The first kappa shape index (κ1) is 9.13. The summed E-state index contributed by atoms with van der Waals surface area (Å²) < 4.78 is 1.52. The van der Waals surface area contributed by atoms with Crippen LogP contribution in [-0.4, -0.2) is 15.6 Å². The van der Waals surface area contributed by atoms with Gasteiger partial charge >= 0.3 is 0 Å². The van der Waals surface area contributed by atoms with E-state index < -0.39 is 0 Å². The smallest absolute Gasteiger partial charge is 0.254 e. The zero-order valence-electron chi connectivity index (χ0n) is 6.53. The molecular formula is C8H10ClNO2. The van der Waals surface area contributed by atoms with Crippen molar-refractivity contribution in [1.82, 2.24) is 4.57 Å². The molecule has 0 aliphatic carbocycles. The number of pyridine rings is 1. The number of hydrogen-bond donors (Lipinski definition) is 1. The molecule has 1 aromatic rings. The SMILES string of the molecule is O=c1cc(O)ccn1CCCCl. The Kier molecular flexibility index (Phi) is 3.17. The maximum Gasteiger partial charge on any atom is 0.254 e. The number of rotatable bonds is 3. The van der Waals surface area contributed by atoms with Crippen molar-refractivity contribution in [2.75, 3.05) is 5.88 Å². The van der Waals surface area contributed by atoms with Gasteiger partial charge in [-0.15, -0.1) is 11.6 Å². The van der Waals surface area contributed by atoms with Gasteiger partial charge in [0, 0.05) is 24.7 Å². The molecule has 12 heavy (non-hydrogen) atoms. The van der Waals surface area contributed by atoms with Gasteiger partial charge in [-0.3, -0.25) is 4.79 Å². The molecule has 0 aromatic carbocycles. The Morgan fingerprint density at radius 1 is 1.58 bits per heavy atom. The first-order chi connectivity index (χ1) is 5.74. The van der Waals surface area contributed by atoms with Crippen LogP contribution >= 0.6 is 11.6 Å². The molecule has 66 valence electrons. The molecule has 0 aliphatic heterocycles. The molecule has 0 unspecified atom stereocenters. The largest absolute Gasteiger partial charge is 0.508 e. The summed E-state index contributed by atoms with van der Waals surface area (Å²) in [5, 5.41) is 8.92. The highest BCUT2D eigenvalue weighted by molar-refractivity contribution is 6.17. The lowest BCUT2D eigenvalue weighted by atomic mass is 10.4. The second-order valence-corrected chi connectivity index (χ2v) is 2.84. The molecule has 0 atom stereocenters. The molecule has 3 nitrogen and oxygen atoms in total. The molecular weight excluding hydrogens is 178 g/mol. The average molecular weight is 188 g/mol. The third-order valence-corrected chi connectivity index (χ3v) is 1.78. The summed E-state index contributed by atoms with van der Waals surface area (Å²) in [7, 11) is 0. The maximum absolute atomic E-state index is 11.1. The van der Waals surface area contributed by atoms with E-state index in [0.29, 0.717) is 12.4 Å². The van der Waals surface area contributed by atoms with Crippen LogP contribution in [0.3, 0.4) is 0 Å². The van der Waals surface area contributed by atoms with E-state index in [9.17, 15) is 4.79 Å². The van der Waals surface area contributed by atoms with E-state index in [0.717, 1.165) is 6.42 Å². The van der Waals surface area contributed by atoms with Gasteiger partial charge in [-0.05, 0) is 12.5 Å². The fourth-order valence-electron chi connectivity index (χ4n) is 0.912. The van der Waals surface area contributed by atoms with Crippen LogP contribution in [0.4, 0.5) is 0 Å². The minimum atomic E-state index is -0.194. The normalized spacial score (nSPS) is 10.1. The molecule has 1 heterocycles. The second-order valence-electron chi connectivity index (χ2n) is 2.46. The van der Waals surface area contributed by atoms with Crippen molar-refractivity contribution in [3.8, 4) is 5.75 Å². The number of nitrogens with zero attached hydrogens (tertiary/aromatic N) is 1. The third-order valence-electron chi connectivity index (χ3n) is 1.51. The zero-order chi connectivity index (χ0) is 8.97. The molecule has 1 aromatic heterocycles. The Hall–Kier alpha value is -0.960. The maximum atomic E-state index is 11.1. The van der Waals surface area contributed by atoms with Crippen LogP contribution in [-0.2, 0) is 6.54 Å². The van der Waals surface area contributed by atoms with E-state index in [2.05, 4.69) is 0 Å². The van der Waals surface area contributed by atoms with Crippen molar-refractivity contribution in [3.63, 3.8) is 0 Å². The molecule has 0 saturated carbocycles. The third kappa shape index (κ3) is 2.27. The lowest BCUT2D eigenvalue weighted by molar-refractivity contribution is 0.470. The van der Waals surface area contributed by atoms with Crippen molar-refractivity contribution in [2.24, 2.45) is 0 Å². The topological polar surface area (TPSA) is 42.2 Å². The van der Waals surface area contributed by atoms with E-state index >= 15 is 0 Å². The lowest BCUT2D eigenvalue weighted by Gasteiger charge is -2.02. The van der Waals surface area contributed by atoms with Crippen LogP contribution in [0.5, 0.6) is 5.75 Å². The number of hydrogen-bond acceptors (Lipinski definition) is 2. The fraction of sp³-hybridized carbons (Fsp3) is 0.375. The molecule has 0 bridgehead atoms. The lowest BCUT2D eigenvalue weighted by Crippen LogP contribution is -2.17. The summed E-state index contributed by atoms with van der Waals surface area (Å²) in [5.41, 5.74) is -0.194. The highest BCUT2D eigenvalue weighted by Gasteiger charge is 1.95. The van der Waals surface area contributed by atoms with Crippen molar-refractivity contribution in [3.05, 3.63) is 28.7 Å². The van der Waals surface area contributed by atoms with E-state index in [-0.39, 0.29) is 11.3 Å². The summed E-state index contributed by atoms with van der Waals surface area (Å²) in [4.78, 5) is 11.1. The molecule has 0 saturated heterocycles. The van der Waals surface area contributed by atoms with Crippen molar-refractivity contribution in [2.45, 2.75) is 13.0 Å². The number of halogens is 1. The van der Waals surface area contributed by atoms with Gasteiger partial charge in [-0.1, -0.05) is 0 Å². The zero-order valence-corrected chi connectivity index (χ0v) is 7.29. The standard InChI is InChI=1S/C8H10ClNO2/c9-3-1-4-10-5-2-7(11)6-8(10)12/h2,5-6,11H,1,3-4H2. The van der Waals surface area contributed by atoms with E-state index in [4.69, 9.17) is 16.7 Å². The summed E-state index contributed by atoms with van der Waals surface area (Å²) in [6.45, 7) is 0.600. The van der Waals surface area contributed by atoms with Gasteiger partial charge in [0.05, 0.1) is 0 Å². The van der Waals surface area contributed by atoms with Gasteiger partial charge in [0.1, 0.15) is 5.75 Å². The van der Waals surface area contributed by atoms with Gasteiger partial charge in [0.25, 0.3) is 5.56 Å². The van der Waals surface area contributed by atoms with Crippen LogP contribution in [0.1, 0.15) is 6.42 Å². The molecule has 1 rings (SSSR count). The average Bonchev–Trinajstić information content (AvgIpc) is 2.03. The summed E-state index contributed by atoms with van der Waals surface area (Å²) in [6, 6.07) is 2.67. The van der Waals surface area contributed by atoms with Gasteiger partial charge < -0.3 is 9.67 Å². The number of aromatic hydroxyl groups is 1. The minimum Gasteiger partial charge on any atom is -0.508 e. The molecule has 0 aliphatic rings. The Morgan fingerprint density at radius 2 is 2.33 bits per heavy atom. The quantitative estimate of drug-likeness (QED) is 0.723. The molecule has 0 radical (unpaired) electrons. The Morgan fingerprint density at radius 3 is 2.92 bits per heavy atom. The molecule has 0 fully saturated rings. The van der Waals surface area contributed by atoms with E-state index in [1.54, 1.807) is 6.20 Å². The first-order valence-corrected chi connectivity index (χ1v) is 4.23.